The number of amides is 2. The highest BCUT2D eigenvalue weighted by Crippen LogP contribution is 2.44. The van der Waals surface area contributed by atoms with Crippen LogP contribution >= 0.6 is 0 Å². The number of benzene rings is 3. The van der Waals surface area contributed by atoms with Gasteiger partial charge in [-0.15, -0.1) is 0 Å². The van der Waals surface area contributed by atoms with E-state index in [1.165, 1.54) is 4.90 Å². The number of rotatable bonds is 6. The summed E-state index contributed by atoms with van der Waals surface area (Å²) in [5.74, 6) is -1.42. The van der Waals surface area contributed by atoms with Crippen LogP contribution in [0.2, 0.25) is 0 Å². The highest BCUT2D eigenvalue weighted by atomic mass is 16.5. The minimum atomic E-state index is -1.06. The quantitative estimate of drug-likeness (QED) is 0.565. The van der Waals surface area contributed by atoms with E-state index in [1.807, 2.05) is 36.4 Å². The normalized spacial score (nSPS) is 16.1. The molecule has 1 atom stereocenters. The fourth-order valence-corrected chi connectivity index (χ4v) is 5.17. The second-order valence-electron chi connectivity index (χ2n) is 8.78. The lowest BCUT2D eigenvalue weighted by molar-refractivity contribution is -0.151. The molecule has 3 aromatic rings. The summed E-state index contributed by atoms with van der Waals surface area (Å²) < 4.78 is 5.50. The first-order chi connectivity index (χ1) is 17.0. The minimum Gasteiger partial charge on any atom is -0.479 e. The number of fused-ring (bicyclic) bond motifs is 4. The molecule has 0 bridgehead atoms. The van der Waals surface area contributed by atoms with Gasteiger partial charge in [0, 0.05) is 25.4 Å². The van der Waals surface area contributed by atoms with Crippen molar-refractivity contribution >= 4 is 18.0 Å². The van der Waals surface area contributed by atoms with Crippen LogP contribution in [0.4, 0.5) is 4.79 Å². The van der Waals surface area contributed by atoms with Crippen molar-refractivity contribution < 1.29 is 24.2 Å². The van der Waals surface area contributed by atoms with Crippen molar-refractivity contribution in [3.63, 3.8) is 0 Å². The number of alkyl carbamates (subject to hydrolysis) is 1. The minimum absolute atomic E-state index is 0.00383. The number of hydrogen-bond acceptors (Lipinski definition) is 4. The van der Waals surface area contributed by atoms with Crippen LogP contribution in [0, 0.1) is 0 Å². The van der Waals surface area contributed by atoms with E-state index in [9.17, 15) is 19.5 Å². The van der Waals surface area contributed by atoms with Gasteiger partial charge >= 0.3 is 12.1 Å². The number of nitrogens with zero attached hydrogens (tertiary/aromatic N) is 1. The molecule has 1 heterocycles. The molecule has 2 amide bonds. The van der Waals surface area contributed by atoms with Gasteiger partial charge in [-0.25, -0.2) is 9.59 Å². The van der Waals surface area contributed by atoms with Crippen LogP contribution in [-0.2, 0) is 20.7 Å². The van der Waals surface area contributed by atoms with E-state index in [-0.39, 0.29) is 31.4 Å². The summed E-state index contributed by atoms with van der Waals surface area (Å²) in [6.07, 6.45) is 0.000182. The molecular weight excluding hydrogens is 444 g/mol. The third-order valence-corrected chi connectivity index (χ3v) is 6.79. The van der Waals surface area contributed by atoms with Gasteiger partial charge in [0.1, 0.15) is 6.61 Å². The highest BCUT2D eigenvalue weighted by molar-refractivity contribution is 5.86. The Morgan fingerprint density at radius 1 is 0.886 bits per heavy atom. The lowest BCUT2D eigenvalue weighted by Gasteiger charge is -2.34. The zero-order chi connectivity index (χ0) is 24.4. The summed E-state index contributed by atoms with van der Waals surface area (Å²) in [6.45, 7) is 0.593. The summed E-state index contributed by atoms with van der Waals surface area (Å²) in [5.41, 5.74) is 6.14. The van der Waals surface area contributed by atoms with Gasteiger partial charge in [-0.2, -0.15) is 0 Å². The Morgan fingerprint density at radius 2 is 1.49 bits per heavy atom. The largest absolute Gasteiger partial charge is 0.479 e. The van der Waals surface area contributed by atoms with E-state index < -0.39 is 18.1 Å². The number of nitrogens with one attached hydrogen (secondary N) is 1. The second-order valence-corrected chi connectivity index (χ2v) is 8.78. The maximum atomic E-state index is 12.8. The van der Waals surface area contributed by atoms with E-state index in [4.69, 9.17) is 4.74 Å². The van der Waals surface area contributed by atoms with Gasteiger partial charge in [-0.3, -0.25) is 4.79 Å². The van der Waals surface area contributed by atoms with Gasteiger partial charge in [-0.05, 0) is 39.8 Å². The Balaban J connectivity index is 1.16. The average Bonchev–Trinajstić information content (AvgIpc) is 3.20. The van der Waals surface area contributed by atoms with Crippen LogP contribution in [0.3, 0.4) is 0 Å². The van der Waals surface area contributed by atoms with Gasteiger partial charge in [0.2, 0.25) is 5.91 Å². The predicted molar refractivity (Wildman–Crippen MR) is 130 cm³/mol. The molecule has 0 aromatic heterocycles. The van der Waals surface area contributed by atoms with Crippen LogP contribution in [0.25, 0.3) is 11.1 Å². The van der Waals surface area contributed by atoms with Crippen LogP contribution in [-0.4, -0.2) is 47.7 Å². The second kappa shape index (κ2) is 9.62. The third-order valence-electron chi connectivity index (χ3n) is 6.79. The highest BCUT2D eigenvalue weighted by Gasteiger charge is 2.35. The summed E-state index contributed by atoms with van der Waals surface area (Å²) in [4.78, 5) is 38.5. The molecule has 5 rings (SSSR count). The number of carboxylic acids is 1. The molecule has 0 fully saturated rings. The van der Waals surface area contributed by atoms with Gasteiger partial charge < -0.3 is 20.1 Å². The first kappa shape index (κ1) is 22.7. The lowest BCUT2D eigenvalue weighted by atomic mass is 9.92. The molecule has 0 spiro atoms. The van der Waals surface area contributed by atoms with Crippen LogP contribution in [0.15, 0.2) is 72.8 Å². The first-order valence-corrected chi connectivity index (χ1v) is 11.7. The summed E-state index contributed by atoms with van der Waals surface area (Å²) >= 11 is 0. The molecule has 1 unspecified atom stereocenters. The van der Waals surface area contributed by atoms with E-state index in [0.29, 0.717) is 18.5 Å². The number of carboxylic acid groups (broad SMARTS) is 1. The number of ether oxygens (including phenoxy) is 1. The molecular formula is C28H26N2O5. The molecule has 3 aromatic carbocycles. The van der Waals surface area contributed by atoms with Crippen molar-refractivity contribution in [1.82, 2.24) is 10.2 Å². The zero-order valence-electron chi connectivity index (χ0n) is 19.1. The molecule has 7 heteroatoms. The summed E-state index contributed by atoms with van der Waals surface area (Å²) in [5, 5.41) is 12.4. The van der Waals surface area contributed by atoms with Crippen molar-refractivity contribution in [2.24, 2.45) is 0 Å². The maximum absolute atomic E-state index is 12.8. The Kier molecular flexibility index (Phi) is 6.23. The summed E-state index contributed by atoms with van der Waals surface area (Å²) in [6, 6.07) is 22.5. The monoisotopic (exact) mass is 470 g/mol. The van der Waals surface area contributed by atoms with Crippen molar-refractivity contribution in [2.45, 2.75) is 24.8 Å². The van der Waals surface area contributed by atoms with E-state index in [1.54, 1.807) is 12.1 Å². The molecule has 0 radical (unpaired) electrons. The Bertz CT molecular complexity index is 1240. The van der Waals surface area contributed by atoms with Crippen molar-refractivity contribution in [2.75, 3.05) is 19.7 Å². The lowest BCUT2D eigenvalue weighted by Crippen LogP contribution is -2.44. The molecule has 1 aliphatic carbocycles. The van der Waals surface area contributed by atoms with Gasteiger partial charge in [-0.1, -0.05) is 72.8 Å². The van der Waals surface area contributed by atoms with Crippen LogP contribution < -0.4 is 5.32 Å². The number of hydrogen-bond donors (Lipinski definition) is 2. The van der Waals surface area contributed by atoms with Crippen LogP contribution in [0.1, 0.15) is 40.6 Å². The zero-order valence-corrected chi connectivity index (χ0v) is 19.1. The van der Waals surface area contributed by atoms with Gasteiger partial charge in [0.15, 0.2) is 6.04 Å². The third kappa shape index (κ3) is 4.37. The van der Waals surface area contributed by atoms with Gasteiger partial charge in [0.05, 0.1) is 0 Å². The first-order valence-electron chi connectivity index (χ1n) is 11.7. The van der Waals surface area contributed by atoms with Gasteiger partial charge in [0.25, 0.3) is 0 Å². The standard InChI is InChI=1S/C28H26N2O5/c31-25(30-16-14-18-7-1-2-8-19(18)26(30)27(32)33)13-15-29-28(34)35-17-24-22-11-5-3-9-20(22)21-10-4-6-12-23(21)24/h1-12,24,26H,13-17H2,(H,29,34)(H,32,33). The van der Waals surface area contributed by atoms with Crippen molar-refractivity contribution in [1.29, 1.82) is 0 Å². The van der Waals surface area contributed by atoms with E-state index >= 15 is 0 Å². The van der Waals surface area contributed by atoms with Crippen molar-refractivity contribution in [3.8, 4) is 11.1 Å². The molecule has 35 heavy (non-hydrogen) atoms. The fraction of sp³-hybridized carbons (Fsp3) is 0.250. The molecule has 2 N–H and O–H groups in total. The Labute approximate surface area is 203 Å². The fourth-order valence-electron chi connectivity index (χ4n) is 5.17. The molecule has 1 aliphatic heterocycles. The molecule has 2 aliphatic rings. The predicted octanol–water partition coefficient (Wildman–Crippen LogP) is 4.13. The van der Waals surface area contributed by atoms with E-state index in [2.05, 4.69) is 29.6 Å². The Morgan fingerprint density at radius 3 is 2.14 bits per heavy atom. The van der Waals surface area contributed by atoms with E-state index in [0.717, 1.165) is 27.8 Å². The number of carbonyl (C=O) groups is 3. The summed E-state index contributed by atoms with van der Waals surface area (Å²) in [7, 11) is 0. The van der Waals surface area contributed by atoms with Crippen molar-refractivity contribution in [3.05, 3.63) is 95.1 Å². The average molecular weight is 471 g/mol. The Hall–Kier alpha value is -4.13. The molecule has 0 saturated carbocycles. The topological polar surface area (TPSA) is 95.9 Å². The smallest absolute Gasteiger partial charge is 0.407 e. The van der Waals surface area contributed by atoms with Crippen LogP contribution in [0.5, 0.6) is 0 Å². The molecule has 178 valence electrons. The SMILES string of the molecule is O=C(NCCC(=O)N1CCc2ccccc2C1C(=O)O)OCC1c2ccccc2-c2ccccc21. The number of aliphatic carboxylic acids is 1. The molecule has 0 saturated heterocycles. The number of carbonyl (C=O) groups excluding carboxylic acids is 2. The molecule has 7 nitrogen and oxygen atoms in total. The maximum Gasteiger partial charge on any atom is 0.407 e.